The van der Waals surface area contributed by atoms with Gasteiger partial charge in [-0.3, -0.25) is 4.79 Å². The van der Waals surface area contributed by atoms with Crippen LogP contribution in [0, 0.1) is 0 Å². The van der Waals surface area contributed by atoms with Crippen LogP contribution in [0.1, 0.15) is 66.8 Å². The zero-order valence-electron chi connectivity index (χ0n) is 12.6. The fourth-order valence-corrected chi connectivity index (χ4v) is 2.92. The molecule has 0 atom stereocenters. The summed E-state index contributed by atoms with van der Waals surface area (Å²) in [5, 5.41) is 2.94. The second-order valence-electron chi connectivity index (χ2n) is 5.71. The fourth-order valence-electron chi connectivity index (χ4n) is 2.92. The maximum Gasteiger partial charge on any atom is 0.251 e. The minimum atomic E-state index is 0. The summed E-state index contributed by atoms with van der Waals surface area (Å²) in [7, 11) is 0. The van der Waals surface area contributed by atoms with E-state index in [0.717, 1.165) is 18.4 Å². The summed E-state index contributed by atoms with van der Waals surface area (Å²) >= 11 is 0. The number of halogens is 1. The molecule has 3 nitrogen and oxygen atoms in total. The summed E-state index contributed by atoms with van der Waals surface area (Å²) in [6, 6.07) is 8.18. The Hall–Kier alpha value is -1.06. The highest BCUT2D eigenvalue weighted by atomic mass is 35.5. The number of benzene rings is 1. The first-order valence-electron chi connectivity index (χ1n) is 7.89. The number of hydrogen-bond acceptors (Lipinski definition) is 2. The zero-order valence-corrected chi connectivity index (χ0v) is 13.5. The van der Waals surface area contributed by atoms with Crippen LogP contribution in [0.4, 0.5) is 0 Å². The van der Waals surface area contributed by atoms with E-state index in [1.54, 1.807) is 0 Å². The van der Waals surface area contributed by atoms with Crippen LogP contribution < -0.4 is 11.1 Å². The van der Waals surface area contributed by atoms with Crippen molar-refractivity contribution >= 4 is 18.3 Å². The summed E-state index contributed by atoms with van der Waals surface area (Å²) in [5.74, 6) is 0.725. The van der Waals surface area contributed by atoms with Gasteiger partial charge in [0.25, 0.3) is 5.91 Å². The lowest BCUT2D eigenvalue weighted by atomic mass is 9.84. The highest BCUT2D eigenvalue weighted by Crippen LogP contribution is 2.32. The molecule has 0 radical (unpaired) electrons. The molecule has 0 unspecified atom stereocenters. The van der Waals surface area contributed by atoms with Gasteiger partial charge in [0.1, 0.15) is 0 Å². The van der Waals surface area contributed by atoms with E-state index >= 15 is 0 Å². The molecule has 1 amide bonds. The number of carbonyl (C=O) groups excluding carboxylic acids is 1. The van der Waals surface area contributed by atoms with Gasteiger partial charge in [0.15, 0.2) is 0 Å². The first kappa shape index (κ1) is 18.0. The predicted molar refractivity (Wildman–Crippen MR) is 90.1 cm³/mol. The SMILES string of the molecule is Cl.NCCCCNC(=O)c1ccc(C2CCCCC2)cc1. The standard InChI is InChI=1S/C17H26N2O.ClH/c18-12-4-5-13-19-17(20)16-10-8-15(9-11-16)14-6-2-1-3-7-14;/h8-11,14H,1-7,12-13,18H2,(H,19,20);1H. The number of unbranched alkanes of at least 4 members (excludes halogenated alkanes) is 1. The van der Waals surface area contributed by atoms with E-state index in [2.05, 4.69) is 17.4 Å². The molecular formula is C17H27ClN2O. The van der Waals surface area contributed by atoms with Gasteiger partial charge in [-0.2, -0.15) is 0 Å². The van der Waals surface area contributed by atoms with Crippen LogP contribution in [0.15, 0.2) is 24.3 Å². The van der Waals surface area contributed by atoms with E-state index in [0.29, 0.717) is 19.0 Å². The first-order valence-corrected chi connectivity index (χ1v) is 7.89. The molecule has 0 saturated heterocycles. The molecule has 4 heteroatoms. The highest BCUT2D eigenvalue weighted by molar-refractivity contribution is 5.94. The normalized spacial score (nSPS) is 15.3. The van der Waals surface area contributed by atoms with Gasteiger partial charge in [0.05, 0.1) is 0 Å². The lowest BCUT2D eigenvalue weighted by Crippen LogP contribution is -2.24. The summed E-state index contributed by atoms with van der Waals surface area (Å²) in [4.78, 5) is 12.0. The molecule has 1 fully saturated rings. The number of hydrogen-bond donors (Lipinski definition) is 2. The number of rotatable bonds is 6. The van der Waals surface area contributed by atoms with Crippen LogP contribution >= 0.6 is 12.4 Å². The van der Waals surface area contributed by atoms with Gasteiger partial charge >= 0.3 is 0 Å². The van der Waals surface area contributed by atoms with E-state index < -0.39 is 0 Å². The van der Waals surface area contributed by atoms with E-state index in [-0.39, 0.29) is 18.3 Å². The molecule has 1 aliphatic rings. The van der Waals surface area contributed by atoms with Gasteiger partial charge < -0.3 is 11.1 Å². The Morgan fingerprint density at radius 1 is 1.10 bits per heavy atom. The van der Waals surface area contributed by atoms with Crippen molar-refractivity contribution in [1.29, 1.82) is 0 Å². The number of amides is 1. The van der Waals surface area contributed by atoms with E-state index in [9.17, 15) is 4.79 Å². The second kappa shape index (κ2) is 9.80. The van der Waals surface area contributed by atoms with Gasteiger partial charge in [-0.05, 0) is 55.8 Å². The Bertz CT molecular complexity index is 413. The van der Waals surface area contributed by atoms with Crippen molar-refractivity contribution in [1.82, 2.24) is 5.32 Å². The molecule has 0 spiro atoms. The third-order valence-corrected chi connectivity index (χ3v) is 4.17. The maximum atomic E-state index is 12.0. The van der Waals surface area contributed by atoms with Crippen molar-refractivity contribution < 1.29 is 4.79 Å². The molecule has 0 bridgehead atoms. The van der Waals surface area contributed by atoms with Crippen molar-refractivity contribution in [2.75, 3.05) is 13.1 Å². The molecule has 1 aromatic rings. The zero-order chi connectivity index (χ0) is 14.2. The monoisotopic (exact) mass is 310 g/mol. The van der Waals surface area contributed by atoms with Crippen LogP contribution in [0.5, 0.6) is 0 Å². The van der Waals surface area contributed by atoms with Gasteiger partial charge in [-0.25, -0.2) is 0 Å². The smallest absolute Gasteiger partial charge is 0.251 e. The van der Waals surface area contributed by atoms with Crippen LogP contribution in [0.3, 0.4) is 0 Å². The third-order valence-electron chi connectivity index (χ3n) is 4.17. The Balaban J connectivity index is 0.00000220. The van der Waals surface area contributed by atoms with Crippen molar-refractivity contribution in [3.05, 3.63) is 35.4 Å². The Kier molecular flexibility index (Phi) is 8.40. The van der Waals surface area contributed by atoms with Gasteiger partial charge in [-0.15, -0.1) is 12.4 Å². The molecule has 118 valence electrons. The lowest BCUT2D eigenvalue weighted by Gasteiger charge is -2.22. The quantitative estimate of drug-likeness (QED) is 0.788. The molecular weight excluding hydrogens is 284 g/mol. The molecule has 1 aliphatic carbocycles. The maximum absolute atomic E-state index is 12.0. The first-order chi connectivity index (χ1) is 9.81. The van der Waals surface area contributed by atoms with Gasteiger partial charge in [-0.1, -0.05) is 31.4 Å². The summed E-state index contributed by atoms with van der Waals surface area (Å²) in [5.41, 5.74) is 7.59. The Morgan fingerprint density at radius 2 is 1.76 bits per heavy atom. The van der Waals surface area contributed by atoms with Crippen molar-refractivity contribution in [3.63, 3.8) is 0 Å². The van der Waals surface area contributed by atoms with Crippen LogP contribution in [-0.4, -0.2) is 19.0 Å². The van der Waals surface area contributed by atoms with Gasteiger partial charge in [0, 0.05) is 12.1 Å². The predicted octanol–water partition coefficient (Wildman–Crippen LogP) is 3.62. The third kappa shape index (κ3) is 5.68. The largest absolute Gasteiger partial charge is 0.352 e. The molecule has 0 aliphatic heterocycles. The number of carbonyl (C=O) groups is 1. The van der Waals surface area contributed by atoms with Gasteiger partial charge in [0.2, 0.25) is 0 Å². The summed E-state index contributed by atoms with van der Waals surface area (Å²) in [6.45, 7) is 1.40. The van der Waals surface area contributed by atoms with Crippen LogP contribution in [0.25, 0.3) is 0 Å². The van der Waals surface area contributed by atoms with Crippen LogP contribution in [0.2, 0.25) is 0 Å². The highest BCUT2D eigenvalue weighted by Gasteiger charge is 2.15. The molecule has 2 rings (SSSR count). The second-order valence-corrected chi connectivity index (χ2v) is 5.71. The summed E-state index contributed by atoms with van der Waals surface area (Å²) < 4.78 is 0. The minimum absolute atomic E-state index is 0. The van der Waals surface area contributed by atoms with E-state index in [4.69, 9.17) is 5.73 Å². The summed E-state index contributed by atoms with van der Waals surface area (Å²) in [6.07, 6.45) is 8.56. The Morgan fingerprint density at radius 3 is 2.38 bits per heavy atom. The van der Waals surface area contributed by atoms with Crippen molar-refractivity contribution in [3.8, 4) is 0 Å². The fraction of sp³-hybridized carbons (Fsp3) is 0.588. The molecule has 3 N–H and O–H groups in total. The average molecular weight is 311 g/mol. The van der Waals surface area contributed by atoms with E-state index in [1.165, 1.54) is 37.7 Å². The molecule has 0 heterocycles. The van der Waals surface area contributed by atoms with Crippen LogP contribution in [-0.2, 0) is 0 Å². The average Bonchev–Trinajstić information content (AvgIpc) is 2.52. The lowest BCUT2D eigenvalue weighted by molar-refractivity contribution is 0.0953. The van der Waals surface area contributed by atoms with Crippen molar-refractivity contribution in [2.45, 2.75) is 50.9 Å². The molecule has 21 heavy (non-hydrogen) atoms. The molecule has 1 aromatic carbocycles. The topological polar surface area (TPSA) is 55.1 Å². The Labute approximate surface area is 134 Å². The van der Waals surface area contributed by atoms with E-state index in [1.807, 2.05) is 12.1 Å². The molecule has 1 saturated carbocycles. The minimum Gasteiger partial charge on any atom is -0.352 e. The number of nitrogens with two attached hydrogens (primary N) is 1. The number of nitrogens with one attached hydrogen (secondary N) is 1. The molecule has 0 aromatic heterocycles. The van der Waals surface area contributed by atoms with Crippen molar-refractivity contribution in [2.24, 2.45) is 5.73 Å².